The van der Waals surface area contributed by atoms with E-state index in [1.807, 2.05) is 0 Å². The van der Waals surface area contributed by atoms with E-state index in [9.17, 15) is 22.4 Å². The zero-order valence-electron chi connectivity index (χ0n) is 15.4. The molecular weight excluding hydrogens is 424 g/mol. The first kappa shape index (κ1) is 20.1. The molecule has 1 aromatic carbocycles. The van der Waals surface area contributed by atoms with Crippen LogP contribution in [0.1, 0.15) is 40.3 Å². The molecule has 1 amide bonds. The summed E-state index contributed by atoms with van der Waals surface area (Å²) >= 11 is 5.90. The second kappa shape index (κ2) is 7.24. The third kappa shape index (κ3) is 3.35. The largest absolute Gasteiger partial charge is 0.417 e. The van der Waals surface area contributed by atoms with E-state index >= 15 is 0 Å². The van der Waals surface area contributed by atoms with Gasteiger partial charge in [0.1, 0.15) is 18.0 Å². The Morgan fingerprint density at radius 2 is 1.93 bits per heavy atom. The highest BCUT2D eigenvalue weighted by atomic mass is 35.5. The predicted octanol–water partition coefficient (Wildman–Crippen LogP) is 5.27. The molecule has 0 fully saturated rings. The maximum Gasteiger partial charge on any atom is 0.417 e. The fourth-order valence-corrected chi connectivity index (χ4v) is 3.58. The van der Waals surface area contributed by atoms with Gasteiger partial charge in [-0.3, -0.25) is 9.36 Å². The highest BCUT2D eigenvalue weighted by Gasteiger charge is 2.36. The molecule has 0 aliphatic carbocycles. The van der Waals surface area contributed by atoms with Crippen LogP contribution in [0, 0.1) is 5.82 Å². The molecule has 2 aromatic heterocycles. The number of aromatic nitrogens is 3. The first-order valence-corrected chi connectivity index (χ1v) is 9.12. The Labute approximate surface area is 173 Å². The molecule has 0 spiro atoms. The molecule has 4 rings (SSSR count). The number of carbonyl (C=O) groups is 1. The third-order valence-corrected chi connectivity index (χ3v) is 5.18. The van der Waals surface area contributed by atoms with Crippen LogP contribution in [0.25, 0.3) is 11.9 Å². The van der Waals surface area contributed by atoms with Crippen LogP contribution in [0.4, 0.5) is 17.6 Å². The number of hydrogen-bond acceptors (Lipinski definition) is 3. The summed E-state index contributed by atoms with van der Waals surface area (Å²) in [5.74, 6) is -0.732. The summed E-state index contributed by atoms with van der Waals surface area (Å²) in [6.45, 7) is 1.69. The van der Waals surface area contributed by atoms with Crippen LogP contribution in [0.15, 0.2) is 49.1 Å². The average molecular weight is 437 g/mol. The lowest BCUT2D eigenvalue weighted by atomic mass is 10.0. The van der Waals surface area contributed by atoms with E-state index in [2.05, 4.69) is 9.97 Å². The SMILES string of the molecule is C[C@@H]1c2ncn(-c3ccc(F)cn3)c2C=CN1C(=O)c1cccc(C(F)(F)F)c1Cl. The zero-order valence-corrected chi connectivity index (χ0v) is 16.1. The molecule has 30 heavy (non-hydrogen) atoms. The minimum absolute atomic E-state index is 0.258. The van der Waals surface area contributed by atoms with Crippen LogP contribution in [-0.2, 0) is 6.18 Å². The topological polar surface area (TPSA) is 51.0 Å². The van der Waals surface area contributed by atoms with E-state index in [1.165, 1.54) is 35.6 Å². The first-order chi connectivity index (χ1) is 14.2. The Hall–Kier alpha value is -3.20. The maximum absolute atomic E-state index is 13.1. The van der Waals surface area contributed by atoms with E-state index in [0.717, 1.165) is 18.3 Å². The van der Waals surface area contributed by atoms with Crippen LogP contribution in [-0.4, -0.2) is 25.3 Å². The van der Waals surface area contributed by atoms with Crippen LogP contribution in [0.5, 0.6) is 0 Å². The lowest BCUT2D eigenvalue weighted by molar-refractivity contribution is -0.137. The molecule has 1 aliphatic rings. The molecule has 0 unspecified atom stereocenters. The fourth-order valence-electron chi connectivity index (χ4n) is 3.26. The van der Waals surface area contributed by atoms with E-state index in [-0.39, 0.29) is 5.56 Å². The van der Waals surface area contributed by atoms with Crippen molar-refractivity contribution in [3.05, 3.63) is 82.4 Å². The van der Waals surface area contributed by atoms with Gasteiger partial charge in [-0.05, 0) is 37.3 Å². The monoisotopic (exact) mass is 436 g/mol. The summed E-state index contributed by atoms with van der Waals surface area (Å²) in [4.78, 5) is 22.6. The van der Waals surface area contributed by atoms with Crippen molar-refractivity contribution < 1.29 is 22.4 Å². The van der Waals surface area contributed by atoms with Crippen LogP contribution in [0.2, 0.25) is 5.02 Å². The highest BCUT2D eigenvalue weighted by molar-refractivity contribution is 6.34. The van der Waals surface area contributed by atoms with Crippen LogP contribution in [0.3, 0.4) is 0 Å². The van der Waals surface area contributed by atoms with Gasteiger partial charge in [-0.2, -0.15) is 13.2 Å². The number of amides is 1. The van der Waals surface area contributed by atoms with Crippen molar-refractivity contribution in [3.8, 4) is 5.82 Å². The number of imidazole rings is 1. The number of fused-ring (bicyclic) bond motifs is 1. The van der Waals surface area contributed by atoms with Gasteiger partial charge in [0.15, 0.2) is 0 Å². The summed E-state index contributed by atoms with van der Waals surface area (Å²) in [6.07, 6.45) is 0.922. The van der Waals surface area contributed by atoms with Crippen molar-refractivity contribution in [3.63, 3.8) is 0 Å². The van der Waals surface area contributed by atoms with Crippen molar-refractivity contribution in [2.24, 2.45) is 0 Å². The number of rotatable bonds is 2. The maximum atomic E-state index is 13.1. The van der Waals surface area contributed by atoms with Gasteiger partial charge in [-0.15, -0.1) is 0 Å². The molecule has 3 aromatic rings. The van der Waals surface area contributed by atoms with Gasteiger partial charge in [0, 0.05) is 6.20 Å². The molecule has 3 heterocycles. The lowest BCUT2D eigenvalue weighted by Gasteiger charge is -2.29. The third-order valence-electron chi connectivity index (χ3n) is 4.77. The quantitative estimate of drug-likeness (QED) is 0.514. The number of carbonyl (C=O) groups excluding carboxylic acids is 1. The van der Waals surface area contributed by atoms with Gasteiger partial charge in [0.2, 0.25) is 0 Å². The van der Waals surface area contributed by atoms with Gasteiger partial charge in [-0.1, -0.05) is 17.7 Å². The lowest BCUT2D eigenvalue weighted by Crippen LogP contribution is -2.31. The van der Waals surface area contributed by atoms with Gasteiger partial charge >= 0.3 is 6.18 Å². The van der Waals surface area contributed by atoms with Crippen molar-refractivity contribution in [2.45, 2.75) is 19.1 Å². The first-order valence-electron chi connectivity index (χ1n) is 8.74. The number of halogens is 5. The Morgan fingerprint density at radius 1 is 1.17 bits per heavy atom. The molecule has 0 saturated heterocycles. The molecule has 0 radical (unpaired) electrons. The smallest absolute Gasteiger partial charge is 0.306 e. The number of benzene rings is 1. The molecule has 5 nitrogen and oxygen atoms in total. The summed E-state index contributed by atoms with van der Waals surface area (Å²) in [5, 5.41) is -0.651. The highest BCUT2D eigenvalue weighted by Crippen LogP contribution is 2.38. The number of alkyl halides is 3. The minimum atomic E-state index is -4.68. The molecule has 1 aliphatic heterocycles. The van der Waals surface area contributed by atoms with Crippen molar-refractivity contribution in [1.29, 1.82) is 0 Å². The molecule has 0 saturated carbocycles. The second-order valence-electron chi connectivity index (χ2n) is 6.59. The summed E-state index contributed by atoms with van der Waals surface area (Å²) in [6, 6.07) is 5.37. The Balaban J connectivity index is 1.69. The van der Waals surface area contributed by atoms with E-state index in [4.69, 9.17) is 11.6 Å². The van der Waals surface area contributed by atoms with Gasteiger partial charge in [-0.25, -0.2) is 14.4 Å². The molecule has 10 heteroatoms. The molecule has 154 valence electrons. The second-order valence-corrected chi connectivity index (χ2v) is 6.97. The van der Waals surface area contributed by atoms with Crippen molar-refractivity contribution in [2.75, 3.05) is 0 Å². The van der Waals surface area contributed by atoms with E-state index in [0.29, 0.717) is 17.2 Å². The minimum Gasteiger partial charge on any atom is -0.306 e. The number of pyridine rings is 1. The molecular formula is C20H13ClF4N4O. The molecule has 1 atom stereocenters. The Morgan fingerprint density at radius 3 is 2.60 bits per heavy atom. The summed E-state index contributed by atoms with van der Waals surface area (Å²) < 4.78 is 54.2. The normalized spacial score (nSPS) is 15.9. The van der Waals surface area contributed by atoms with Gasteiger partial charge in [0.05, 0.1) is 39.8 Å². The summed E-state index contributed by atoms with van der Waals surface area (Å²) in [7, 11) is 0. The van der Waals surface area contributed by atoms with Gasteiger partial charge < -0.3 is 4.90 Å². The molecule has 0 bridgehead atoms. The molecule has 0 N–H and O–H groups in total. The van der Waals surface area contributed by atoms with E-state index < -0.39 is 34.5 Å². The predicted molar refractivity (Wildman–Crippen MR) is 101 cm³/mol. The number of hydrogen-bond donors (Lipinski definition) is 0. The Kier molecular flexibility index (Phi) is 4.85. The standard InChI is InChI=1S/C20H13ClF4N4O/c1-11-18-15(29(10-27-18)16-6-5-12(22)9-26-16)7-8-28(11)19(30)13-3-2-4-14(17(13)21)20(23,24)25/h2-11H,1H3/t11-/m1/s1. The summed E-state index contributed by atoms with van der Waals surface area (Å²) in [5.41, 5.74) is -0.192. The van der Waals surface area contributed by atoms with Crippen molar-refractivity contribution >= 4 is 23.6 Å². The van der Waals surface area contributed by atoms with Gasteiger partial charge in [0.25, 0.3) is 5.91 Å². The fraction of sp³-hybridized carbons (Fsp3) is 0.150. The van der Waals surface area contributed by atoms with Crippen molar-refractivity contribution in [1.82, 2.24) is 19.4 Å². The van der Waals surface area contributed by atoms with E-state index in [1.54, 1.807) is 17.6 Å². The van der Waals surface area contributed by atoms with Crippen LogP contribution >= 0.6 is 11.6 Å². The average Bonchev–Trinajstić information content (AvgIpc) is 3.13. The Bertz CT molecular complexity index is 1150. The number of nitrogens with zero attached hydrogens (tertiary/aromatic N) is 4. The van der Waals surface area contributed by atoms with Crippen LogP contribution < -0.4 is 0 Å². The zero-order chi connectivity index (χ0) is 21.6.